The number of aromatic nitrogens is 4. The van der Waals surface area contributed by atoms with Crippen LogP contribution in [0.2, 0.25) is 0 Å². The highest BCUT2D eigenvalue weighted by Gasteiger charge is 2.41. The number of aliphatic hydroxyl groups is 1. The summed E-state index contributed by atoms with van der Waals surface area (Å²) >= 11 is 0. The first-order valence-corrected chi connectivity index (χ1v) is 15.5. The topological polar surface area (TPSA) is 208 Å². The number of nitrogens with zero attached hydrogens (tertiary/aromatic N) is 4. The number of carboxylic acids is 3. The highest BCUT2D eigenvalue weighted by atomic mass is 16.5. The van der Waals surface area contributed by atoms with Gasteiger partial charge in [0.15, 0.2) is 11.3 Å². The van der Waals surface area contributed by atoms with Gasteiger partial charge < -0.3 is 30.1 Å². The van der Waals surface area contributed by atoms with Crippen LogP contribution in [0.1, 0.15) is 71.8 Å². The molecule has 0 atom stereocenters. The third-order valence-corrected chi connectivity index (χ3v) is 9.04. The van der Waals surface area contributed by atoms with Crippen molar-refractivity contribution in [1.82, 2.24) is 24.9 Å². The predicted octanol–water partition coefficient (Wildman–Crippen LogP) is 3.65. The Hall–Kier alpha value is -5.08. The molecule has 0 amide bonds. The molecule has 0 unspecified atom stereocenters. The SMILES string of the molecule is COC(=O)c1cn(CCc2c(C3CCC(c4ccccc4)(N(C)C)CC3)[nH]c3ccccc23)nn1.O=C(O)CC(O)(CC(=O)O)C(=O)O. The zero-order chi connectivity index (χ0) is 35.1. The Morgan fingerprint density at radius 2 is 1.58 bits per heavy atom. The zero-order valence-corrected chi connectivity index (χ0v) is 27.1. The maximum Gasteiger partial charge on any atom is 0.360 e. The quantitative estimate of drug-likeness (QED) is 0.138. The maximum atomic E-state index is 11.8. The average Bonchev–Trinajstić information content (AvgIpc) is 3.68. The van der Waals surface area contributed by atoms with Gasteiger partial charge in [-0.15, -0.1) is 5.10 Å². The number of rotatable bonds is 12. The van der Waals surface area contributed by atoms with Crippen molar-refractivity contribution in [1.29, 1.82) is 0 Å². The normalized spacial score (nSPS) is 17.8. The van der Waals surface area contributed by atoms with E-state index >= 15 is 0 Å². The Morgan fingerprint density at radius 1 is 0.979 bits per heavy atom. The van der Waals surface area contributed by atoms with Crippen LogP contribution in [0.4, 0.5) is 0 Å². The monoisotopic (exact) mass is 663 g/mol. The van der Waals surface area contributed by atoms with Gasteiger partial charge in [0.25, 0.3) is 0 Å². The number of aromatic amines is 1. The summed E-state index contributed by atoms with van der Waals surface area (Å²) < 4.78 is 6.49. The van der Waals surface area contributed by atoms with Crippen molar-refractivity contribution < 1.29 is 44.3 Å². The van der Waals surface area contributed by atoms with E-state index in [0.29, 0.717) is 12.5 Å². The molecule has 1 aliphatic carbocycles. The van der Waals surface area contributed by atoms with Gasteiger partial charge >= 0.3 is 23.9 Å². The molecule has 5 N–H and O–H groups in total. The lowest BCUT2D eigenvalue weighted by Crippen LogP contribution is -2.44. The Labute approximate surface area is 276 Å². The number of ether oxygens (including phenoxy) is 1. The number of aryl methyl sites for hydroxylation is 2. The first kappa shape index (κ1) is 35.8. The van der Waals surface area contributed by atoms with Gasteiger partial charge in [0.1, 0.15) is 0 Å². The van der Waals surface area contributed by atoms with Crippen LogP contribution in [0.25, 0.3) is 10.9 Å². The van der Waals surface area contributed by atoms with Gasteiger partial charge in [0, 0.05) is 28.7 Å². The number of carbonyl (C=O) groups excluding carboxylic acids is 1. The fourth-order valence-corrected chi connectivity index (χ4v) is 6.51. The average molecular weight is 664 g/mol. The van der Waals surface area contributed by atoms with Gasteiger partial charge in [-0.05, 0) is 69.3 Å². The maximum absolute atomic E-state index is 11.8. The van der Waals surface area contributed by atoms with Gasteiger partial charge in [-0.1, -0.05) is 53.7 Å². The smallest absolute Gasteiger partial charge is 0.360 e. The van der Waals surface area contributed by atoms with Crippen molar-refractivity contribution >= 4 is 34.8 Å². The molecule has 1 aliphatic rings. The molecule has 14 nitrogen and oxygen atoms in total. The molecule has 4 aromatic rings. The number of carbonyl (C=O) groups is 4. The lowest BCUT2D eigenvalue weighted by Gasteiger charge is -2.45. The molecule has 48 heavy (non-hydrogen) atoms. The molecule has 2 aromatic heterocycles. The van der Waals surface area contributed by atoms with Crippen LogP contribution in [0, 0.1) is 0 Å². The molecule has 2 heterocycles. The van der Waals surface area contributed by atoms with Crippen molar-refractivity contribution in [3.8, 4) is 0 Å². The summed E-state index contributed by atoms with van der Waals surface area (Å²) in [5.74, 6) is -5.00. The number of hydrogen-bond acceptors (Lipinski definition) is 9. The molecule has 14 heteroatoms. The van der Waals surface area contributed by atoms with Crippen molar-refractivity contribution in [2.75, 3.05) is 21.2 Å². The molecular weight excluding hydrogens is 622 g/mol. The summed E-state index contributed by atoms with van der Waals surface area (Å²) in [6.45, 7) is 0.650. The van der Waals surface area contributed by atoms with Crippen molar-refractivity contribution in [3.05, 3.63) is 83.3 Å². The van der Waals surface area contributed by atoms with E-state index in [9.17, 15) is 19.2 Å². The second-order valence-electron chi connectivity index (χ2n) is 12.2. The van der Waals surface area contributed by atoms with Crippen LogP contribution in [0.5, 0.6) is 0 Å². The Morgan fingerprint density at radius 3 is 2.15 bits per heavy atom. The summed E-state index contributed by atoms with van der Waals surface area (Å²) in [5.41, 5.74) is 2.86. The zero-order valence-electron chi connectivity index (χ0n) is 27.1. The largest absolute Gasteiger partial charge is 0.481 e. The van der Waals surface area contributed by atoms with E-state index in [0.717, 1.165) is 32.1 Å². The predicted molar refractivity (Wildman–Crippen MR) is 173 cm³/mol. The number of H-pyrrole nitrogens is 1. The number of para-hydroxylation sites is 1. The molecule has 0 spiro atoms. The van der Waals surface area contributed by atoms with E-state index in [4.69, 9.17) is 25.2 Å². The lowest BCUT2D eigenvalue weighted by molar-refractivity contribution is -0.170. The summed E-state index contributed by atoms with van der Waals surface area (Å²) in [6, 6.07) is 19.5. The summed E-state index contributed by atoms with van der Waals surface area (Å²) in [5, 5.41) is 43.2. The van der Waals surface area contributed by atoms with Gasteiger partial charge in [-0.2, -0.15) is 0 Å². The van der Waals surface area contributed by atoms with Crippen molar-refractivity contribution in [2.24, 2.45) is 0 Å². The molecule has 0 bridgehead atoms. The van der Waals surface area contributed by atoms with E-state index in [1.807, 2.05) is 0 Å². The number of nitrogens with one attached hydrogen (secondary N) is 1. The van der Waals surface area contributed by atoms with Crippen LogP contribution in [0.3, 0.4) is 0 Å². The Balaban J connectivity index is 0.000000341. The Bertz CT molecular complexity index is 1720. The first-order chi connectivity index (χ1) is 22.8. The third-order valence-electron chi connectivity index (χ3n) is 9.04. The summed E-state index contributed by atoms with van der Waals surface area (Å²) in [6.07, 6.45) is 4.68. The molecular formula is C34H41N5O9. The van der Waals surface area contributed by atoms with Crippen LogP contribution < -0.4 is 0 Å². The number of carboxylic acid groups (broad SMARTS) is 3. The van der Waals surface area contributed by atoms with E-state index < -0.39 is 42.3 Å². The molecule has 0 aliphatic heterocycles. The van der Waals surface area contributed by atoms with Gasteiger partial charge in [-0.3, -0.25) is 19.2 Å². The molecule has 1 fully saturated rings. The van der Waals surface area contributed by atoms with Crippen molar-refractivity contribution in [3.63, 3.8) is 0 Å². The van der Waals surface area contributed by atoms with Crippen LogP contribution in [-0.2, 0) is 37.6 Å². The van der Waals surface area contributed by atoms with Crippen LogP contribution in [-0.4, -0.2) is 96.0 Å². The van der Waals surface area contributed by atoms with E-state index in [1.165, 1.54) is 34.8 Å². The second kappa shape index (κ2) is 15.2. The fourth-order valence-electron chi connectivity index (χ4n) is 6.51. The number of benzene rings is 2. The minimum atomic E-state index is -2.74. The Kier molecular flexibility index (Phi) is 11.3. The minimum absolute atomic E-state index is 0.0783. The number of aliphatic carboxylic acids is 3. The molecule has 5 rings (SSSR count). The standard InChI is InChI=1S/C28H33N5O2.C6H8O7/c1-32(2)28(21-9-5-4-6-10-21)16-13-20(14-17-28)26-23(22-11-7-8-12-24(22)29-26)15-18-33-19-25(30-31-33)27(34)35-3;7-3(8)1-6(13,5(11)12)2-4(9)10/h4-12,19-20,29H,13-18H2,1-3H3;13H,1-2H2,(H,7,8)(H,9,10)(H,11,12). The first-order valence-electron chi connectivity index (χ1n) is 15.5. The minimum Gasteiger partial charge on any atom is -0.481 e. The molecule has 0 radical (unpaired) electrons. The van der Waals surface area contributed by atoms with E-state index in [1.54, 1.807) is 10.9 Å². The molecule has 1 saturated carbocycles. The molecule has 0 saturated heterocycles. The summed E-state index contributed by atoms with van der Waals surface area (Å²) in [4.78, 5) is 48.4. The lowest BCUT2D eigenvalue weighted by atomic mass is 9.70. The number of methoxy groups -OCH3 is 1. The van der Waals surface area contributed by atoms with Gasteiger partial charge in [0.2, 0.25) is 0 Å². The molecule has 256 valence electrons. The third kappa shape index (κ3) is 8.06. The number of hydrogen-bond donors (Lipinski definition) is 5. The molecule has 2 aromatic carbocycles. The van der Waals surface area contributed by atoms with Crippen molar-refractivity contribution in [2.45, 2.75) is 68.5 Å². The number of esters is 1. The number of fused-ring (bicyclic) bond motifs is 1. The van der Waals surface area contributed by atoms with Gasteiger partial charge in [-0.25, -0.2) is 9.59 Å². The highest BCUT2D eigenvalue weighted by Crippen LogP contribution is 2.47. The van der Waals surface area contributed by atoms with E-state index in [2.05, 4.69) is 88.9 Å². The highest BCUT2D eigenvalue weighted by molar-refractivity contribution is 5.88. The van der Waals surface area contributed by atoms with Crippen LogP contribution in [0.15, 0.2) is 60.8 Å². The van der Waals surface area contributed by atoms with Gasteiger partial charge in [0.05, 0.1) is 26.1 Å². The summed E-state index contributed by atoms with van der Waals surface area (Å²) in [7, 11) is 5.78. The fraction of sp³-hybridized carbons (Fsp3) is 0.412. The van der Waals surface area contributed by atoms with E-state index in [-0.39, 0.29) is 11.2 Å². The second-order valence-corrected chi connectivity index (χ2v) is 12.2. The van der Waals surface area contributed by atoms with Crippen LogP contribution >= 0.6 is 0 Å².